The maximum Gasteiger partial charge on any atom is 0.325 e. The minimum absolute atomic E-state index is 0.212. The minimum atomic E-state index is -0.520. The molecule has 0 bridgehead atoms. The first kappa shape index (κ1) is 19.2. The Bertz CT molecular complexity index is 967. The van der Waals surface area contributed by atoms with Crippen molar-refractivity contribution in [2.24, 2.45) is 0 Å². The van der Waals surface area contributed by atoms with E-state index in [1.807, 2.05) is 54.6 Å². The third-order valence-corrected chi connectivity index (χ3v) is 4.16. The zero-order chi connectivity index (χ0) is 19.9. The van der Waals surface area contributed by atoms with Crippen LogP contribution in [0.4, 0.5) is 0 Å². The molecule has 0 radical (unpaired) electrons. The number of esters is 1. The zero-order valence-electron chi connectivity index (χ0n) is 15.7. The lowest BCUT2D eigenvalue weighted by atomic mass is 10.1. The third-order valence-electron chi connectivity index (χ3n) is 4.16. The Hall–Kier alpha value is -3.61. The highest BCUT2D eigenvalue weighted by Crippen LogP contribution is 2.26. The monoisotopic (exact) mass is 379 g/mol. The molecule has 144 valence electrons. The Labute approximate surface area is 162 Å². The highest BCUT2D eigenvalue weighted by molar-refractivity contribution is 6.01. The number of rotatable bonds is 7. The van der Waals surface area contributed by atoms with Crippen molar-refractivity contribution in [1.82, 2.24) is 15.1 Å². The summed E-state index contributed by atoms with van der Waals surface area (Å²) in [7, 11) is 2.85. The number of ether oxygens (including phenoxy) is 2. The van der Waals surface area contributed by atoms with Gasteiger partial charge in [0, 0.05) is 11.8 Å². The Morgan fingerprint density at radius 2 is 1.86 bits per heavy atom. The summed E-state index contributed by atoms with van der Waals surface area (Å²) in [6.07, 6.45) is 1.68. The highest BCUT2D eigenvalue weighted by atomic mass is 16.5. The van der Waals surface area contributed by atoms with Crippen LogP contribution in [0.5, 0.6) is 5.75 Å². The molecule has 7 heteroatoms. The van der Waals surface area contributed by atoms with E-state index in [9.17, 15) is 9.59 Å². The number of benzene rings is 2. The molecular formula is C21H21N3O4. The number of hydrogen-bond acceptors (Lipinski definition) is 5. The molecule has 0 saturated heterocycles. The Morgan fingerprint density at radius 3 is 2.57 bits per heavy atom. The van der Waals surface area contributed by atoms with Gasteiger partial charge in [-0.25, -0.2) is 0 Å². The maximum atomic E-state index is 12.7. The number of carbonyl (C=O) groups is 2. The van der Waals surface area contributed by atoms with Gasteiger partial charge in [-0.05, 0) is 17.7 Å². The van der Waals surface area contributed by atoms with Gasteiger partial charge >= 0.3 is 5.97 Å². The van der Waals surface area contributed by atoms with Crippen LogP contribution in [0.1, 0.15) is 15.9 Å². The van der Waals surface area contributed by atoms with Crippen molar-refractivity contribution in [3.8, 4) is 17.0 Å². The van der Waals surface area contributed by atoms with Gasteiger partial charge in [0.15, 0.2) is 0 Å². The summed E-state index contributed by atoms with van der Waals surface area (Å²) in [5, 5.41) is 7.17. The van der Waals surface area contributed by atoms with Crippen LogP contribution in [0, 0.1) is 0 Å². The van der Waals surface area contributed by atoms with Gasteiger partial charge in [0.2, 0.25) is 0 Å². The van der Waals surface area contributed by atoms with E-state index in [2.05, 4.69) is 15.2 Å². The molecule has 0 spiro atoms. The molecule has 1 aromatic heterocycles. The summed E-state index contributed by atoms with van der Waals surface area (Å²) in [5.41, 5.74) is 2.68. The summed E-state index contributed by atoms with van der Waals surface area (Å²) in [6.45, 7) is 0.304. The Morgan fingerprint density at radius 1 is 1.07 bits per heavy atom. The molecule has 7 nitrogen and oxygen atoms in total. The molecule has 3 aromatic rings. The van der Waals surface area contributed by atoms with Crippen molar-refractivity contribution in [2.75, 3.05) is 20.8 Å². The van der Waals surface area contributed by atoms with E-state index in [0.29, 0.717) is 23.6 Å². The lowest BCUT2D eigenvalue weighted by Gasteiger charge is -2.06. The fourth-order valence-corrected chi connectivity index (χ4v) is 2.74. The largest absolute Gasteiger partial charge is 0.497 e. The summed E-state index contributed by atoms with van der Waals surface area (Å²) < 4.78 is 11.6. The van der Waals surface area contributed by atoms with Crippen LogP contribution >= 0.6 is 0 Å². The second kappa shape index (κ2) is 8.85. The predicted octanol–water partition coefficient (Wildman–Crippen LogP) is 2.51. The SMILES string of the molecule is COC(=O)CNC(=O)c1cn(Cc2ccccc2)nc1-c1cccc(OC)c1. The number of amides is 1. The first-order valence-corrected chi connectivity index (χ1v) is 8.71. The maximum absolute atomic E-state index is 12.7. The number of nitrogens with one attached hydrogen (secondary N) is 1. The van der Waals surface area contributed by atoms with Crippen molar-refractivity contribution >= 4 is 11.9 Å². The van der Waals surface area contributed by atoms with Gasteiger partial charge in [-0.1, -0.05) is 42.5 Å². The number of carbonyl (C=O) groups excluding carboxylic acids is 2. The number of methoxy groups -OCH3 is 2. The Balaban J connectivity index is 1.95. The van der Waals surface area contributed by atoms with Gasteiger partial charge in [0.05, 0.1) is 26.3 Å². The molecule has 28 heavy (non-hydrogen) atoms. The molecule has 1 heterocycles. The second-order valence-corrected chi connectivity index (χ2v) is 6.07. The number of hydrogen-bond donors (Lipinski definition) is 1. The molecule has 0 unspecified atom stereocenters. The van der Waals surface area contributed by atoms with E-state index in [1.165, 1.54) is 7.11 Å². The lowest BCUT2D eigenvalue weighted by molar-refractivity contribution is -0.139. The minimum Gasteiger partial charge on any atom is -0.497 e. The smallest absolute Gasteiger partial charge is 0.325 e. The molecule has 2 aromatic carbocycles. The second-order valence-electron chi connectivity index (χ2n) is 6.07. The molecule has 0 aliphatic heterocycles. The first-order chi connectivity index (χ1) is 13.6. The average molecular weight is 379 g/mol. The summed E-state index contributed by atoms with van der Waals surface area (Å²) in [4.78, 5) is 24.0. The van der Waals surface area contributed by atoms with E-state index in [4.69, 9.17) is 4.74 Å². The van der Waals surface area contributed by atoms with Crippen molar-refractivity contribution in [3.63, 3.8) is 0 Å². The lowest BCUT2D eigenvalue weighted by Crippen LogP contribution is -2.30. The third kappa shape index (κ3) is 4.56. The fourth-order valence-electron chi connectivity index (χ4n) is 2.74. The van der Waals surface area contributed by atoms with Gasteiger partial charge < -0.3 is 14.8 Å². The first-order valence-electron chi connectivity index (χ1n) is 8.71. The van der Waals surface area contributed by atoms with E-state index in [-0.39, 0.29) is 6.54 Å². The van der Waals surface area contributed by atoms with Gasteiger partial charge in [0.25, 0.3) is 5.91 Å². The molecule has 0 atom stereocenters. The van der Waals surface area contributed by atoms with E-state index < -0.39 is 11.9 Å². The van der Waals surface area contributed by atoms with Crippen LogP contribution in [0.2, 0.25) is 0 Å². The van der Waals surface area contributed by atoms with Crippen LogP contribution in [0.25, 0.3) is 11.3 Å². The van der Waals surface area contributed by atoms with Crippen LogP contribution in [-0.4, -0.2) is 42.4 Å². The normalized spacial score (nSPS) is 10.4. The number of nitrogens with zero attached hydrogens (tertiary/aromatic N) is 2. The molecular weight excluding hydrogens is 358 g/mol. The Kier molecular flexibility index (Phi) is 6.06. The van der Waals surface area contributed by atoms with Crippen LogP contribution in [-0.2, 0) is 16.1 Å². The van der Waals surface area contributed by atoms with Crippen LogP contribution < -0.4 is 10.1 Å². The van der Waals surface area contributed by atoms with E-state index in [1.54, 1.807) is 18.0 Å². The van der Waals surface area contributed by atoms with Crippen molar-refractivity contribution < 1.29 is 19.1 Å². The fraction of sp³-hybridized carbons (Fsp3) is 0.190. The summed E-state index contributed by atoms with van der Waals surface area (Å²) in [6, 6.07) is 17.1. The van der Waals surface area contributed by atoms with E-state index in [0.717, 1.165) is 11.1 Å². The van der Waals surface area contributed by atoms with Crippen molar-refractivity contribution in [2.45, 2.75) is 6.54 Å². The van der Waals surface area contributed by atoms with Crippen LogP contribution in [0.15, 0.2) is 60.8 Å². The predicted molar refractivity (Wildman–Crippen MR) is 104 cm³/mol. The highest BCUT2D eigenvalue weighted by Gasteiger charge is 2.19. The van der Waals surface area contributed by atoms with Gasteiger partial charge in [0.1, 0.15) is 18.0 Å². The molecule has 0 aliphatic rings. The molecule has 1 N–H and O–H groups in total. The van der Waals surface area contributed by atoms with Gasteiger partial charge in [-0.15, -0.1) is 0 Å². The zero-order valence-corrected chi connectivity index (χ0v) is 15.7. The molecule has 1 amide bonds. The van der Waals surface area contributed by atoms with Crippen molar-refractivity contribution in [1.29, 1.82) is 0 Å². The number of aromatic nitrogens is 2. The van der Waals surface area contributed by atoms with Gasteiger partial charge in [-0.2, -0.15) is 5.10 Å². The van der Waals surface area contributed by atoms with Gasteiger partial charge in [-0.3, -0.25) is 14.3 Å². The molecule has 3 rings (SSSR count). The van der Waals surface area contributed by atoms with Crippen molar-refractivity contribution in [3.05, 3.63) is 71.9 Å². The molecule has 0 saturated carbocycles. The molecule has 0 aliphatic carbocycles. The standard InChI is InChI=1S/C21H21N3O4/c1-27-17-10-6-9-16(11-17)20-18(21(26)22-12-19(25)28-2)14-24(23-20)13-15-7-4-3-5-8-15/h3-11,14H,12-13H2,1-2H3,(H,22,26). The van der Waals surface area contributed by atoms with E-state index >= 15 is 0 Å². The molecule has 0 fully saturated rings. The topological polar surface area (TPSA) is 82.5 Å². The average Bonchev–Trinajstić information content (AvgIpc) is 3.16. The summed E-state index contributed by atoms with van der Waals surface area (Å²) in [5.74, 6) is -0.258. The summed E-state index contributed by atoms with van der Waals surface area (Å²) >= 11 is 0. The quantitative estimate of drug-likeness (QED) is 0.638. The van der Waals surface area contributed by atoms with Crippen LogP contribution in [0.3, 0.4) is 0 Å².